The molecule has 0 radical (unpaired) electrons. The van der Waals surface area contributed by atoms with Crippen LogP contribution in [0.15, 0.2) is 42.6 Å². The Bertz CT molecular complexity index is 748. The van der Waals surface area contributed by atoms with Gasteiger partial charge in [-0.05, 0) is 38.3 Å². The van der Waals surface area contributed by atoms with Crippen LogP contribution in [0.2, 0.25) is 0 Å². The number of rotatable bonds is 6. The van der Waals surface area contributed by atoms with E-state index in [2.05, 4.69) is 15.3 Å². The minimum absolute atomic E-state index is 0.0360. The van der Waals surface area contributed by atoms with Crippen LogP contribution in [0.25, 0.3) is 0 Å². The smallest absolute Gasteiger partial charge is 0.254 e. The van der Waals surface area contributed by atoms with Gasteiger partial charge in [-0.2, -0.15) is 0 Å². The number of amides is 1. The van der Waals surface area contributed by atoms with Crippen LogP contribution in [-0.2, 0) is 11.2 Å². The summed E-state index contributed by atoms with van der Waals surface area (Å²) in [5, 5.41) is 14.0. The number of likely N-dealkylation sites (tertiary alicyclic amines) is 1. The van der Waals surface area contributed by atoms with Crippen LogP contribution in [-0.4, -0.2) is 50.6 Å². The lowest BCUT2D eigenvalue weighted by molar-refractivity contribution is -0.150. The number of aromatic nitrogens is 2. The van der Waals surface area contributed by atoms with Crippen LogP contribution in [0.4, 0.5) is 5.95 Å². The molecule has 1 aliphatic heterocycles. The van der Waals surface area contributed by atoms with Crippen molar-refractivity contribution in [3.8, 4) is 0 Å². The van der Waals surface area contributed by atoms with Crippen LogP contribution in [0.1, 0.15) is 31.0 Å². The summed E-state index contributed by atoms with van der Waals surface area (Å²) in [4.78, 5) is 23.3. The lowest BCUT2D eigenvalue weighted by atomic mass is 9.94. The third kappa shape index (κ3) is 4.38. The van der Waals surface area contributed by atoms with Crippen LogP contribution < -0.4 is 5.32 Å². The average Bonchev–Trinajstić information content (AvgIpc) is 3.08. The second-order valence-corrected chi connectivity index (χ2v) is 7.13. The maximum atomic E-state index is 13.0. The van der Waals surface area contributed by atoms with Gasteiger partial charge in [0.15, 0.2) is 0 Å². The summed E-state index contributed by atoms with van der Waals surface area (Å²) in [6, 6.07) is 11.5. The minimum atomic E-state index is -1.41. The minimum Gasteiger partial charge on any atom is -0.380 e. The maximum Gasteiger partial charge on any atom is 0.254 e. The molecule has 6 heteroatoms. The number of nitrogens with one attached hydrogen (secondary N) is 1. The van der Waals surface area contributed by atoms with Crippen molar-refractivity contribution in [1.82, 2.24) is 14.9 Å². The highest BCUT2D eigenvalue weighted by Gasteiger charge is 2.39. The van der Waals surface area contributed by atoms with Gasteiger partial charge in [0, 0.05) is 37.4 Å². The first-order valence-electron chi connectivity index (χ1n) is 9.06. The Morgan fingerprint density at radius 2 is 2.12 bits per heavy atom. The van der Waals surface area contributed by atoms with Crippen LogP contribution >= 0.6 is 0 Å². The molecular formula is C20H26N4O2. The molecule has 6 nitrogen and oxygen atoms in total. The molecule has 1 saturated heterocycles. The fourth-order valence-electron chi connectivity index (χ4n) is 3.44. The Morgan fingerprint density at radius 1 is 1.35 bits per heavy atom. The summed E-state index contributed by atoms with van der Waals surface area (Å²) in [5.74, 6) is 0.358. The molecule has 0 spiro atoms. The van der Waals surface area contributed by atoms with Crippen molar-refractivity contribution < 1.29 is 9.90 Å². The van der Waals surface area contributed by atoms with Gasteiger partial charge in [-0.25, -0.2) is 9.97 Å². The van der Waals surface area contributed by atoms with E-state index in [0.29, 0.717) is 25.5 Å². The highest BCUT2D eigenvalue weighted by molar-refractivity contribution is 5.85. The highest BCUT2D eigenvalue weighted by Crippen LogP contribution is 2.24. The first-order chi connectivity index (χ1) is 12.5. The molecule has 0 saturated carbocycles. The largest absolute Gasteiger partial charge is 0.380 e. The normalized spacial score (nSPS) is 19.2. The Labute approximate surface area is 154 Å². The van der Waals surface area contributed by atoms with E-state index < -0.39 is 5.60 Å². The second kappa shape index (κ2) is 7.83. The lowest BCUT2D eigenvalue weighted by Gasteiger charge is -2.32. The summed E-state index contributed by atoms with van der Waals surface area (Å²) in [5.41, 5.74) is 0.435. The maximum absolute atomic E-state index is 13.0. The van der Waals surface area contributed by atoms with Gasteiger partial charge in [0.1, 0.15) is 5.60 Å². The Morgan fingerprint density at radius 3 is 2.85 bits per heavy atom. The predicted molar refractivity (Wildman–Crippen MR) is 101 cm³/mol. The monoisotopic (exact) mass is 354 g/mol. The second-order valence-electron chi connectivity index (χ2n) is 7.13. The van der Waals surface area contributed by atoms with Crippen molar-refractivity contribution in [2.24, 2.45) is 0 Å². The molecule has 2 N–H and O–H groups in total. The molecule has 26 heavy (non-hydrogen) atoms. The molecule has 1 aromatic carbocycles. The van der Waals surface area contributed by atoms with Gasteiger partial charge < -0.3 is 15.3 Å². The first kappa shape index (κ1) is 18.3. The number of aliphatic hydroxyl groups is 1. The molecular weight excluding hydrogens is 328 g/mol. The number of aryl methyl sites for hydroxylation is 1. The summed E-state index contributed by atoms with van der Waals surface area (Å²) in [6.07, 6.45) is 3.87. The van der Waals surface area contributed by atoms with E-state index in [1.54, 1.807) is 18.0 Å². The molecule has 0 aliphatic carbocycles. The first-order valence-corrected chi connectivity index (χ1v) is 9.06. The molecule has 0 bridgehead atoms. The summed E-state index contributed by atoms with van der Waals surface area (Å²) >= 11 is 0. The third-order valence-corrected chi connectivity index (χ3v) is 4.78. The molecule has 1 fully saturated rings. The van der Waals surface area contributed by atoms with E-state index in [0.717, 1.165) is 24.1 Å². The number of hydrogen-bond acceptors (Lipinski definition) is 5. The predicted octanol–water partition coefficient (Wildman–Crippen LogP) is 2.18. The van der Waals surface area contributed by atoms with Gasteiger partial charge in [0.05, 0.1) is 0 Å². The zero-order chi connectivity index (χ0) is 18.6. The molecule has 1 aliphatic rings. The third-order valence-electron chi connectivity index (χ3n) is 4.78. The van der Waals surface area contributed by atoms with Crippen LogP contribution in [0, 0.1) is 6.92 Å². The Hall–Kier alpha value is -2.47. The van der Waals surface area contributed by atoms with Gasteiger partial charge in [0.25, 0.3) is 5.91 Å². The van der Waals surface area contributed by atoms with Gasteiger partial charge in [0.2, 0.25) is 5.95 Å². The quantitative estimate of drug-likeness (QED) is 0.831. The van der Waals surface area contributed by atoms with Crippen molar-refractivity contribution in [3.05, 3.63) is 53.9 Å². The van der Waals surface area contributed by atoms with Crippen molar-refractivity contribution in [1.29, 1.82) is 0 Å². The number of hydrogen-bond donors (Lipinski definition) is 2. The number of benzene rings is 1. The summed E-state index contributed by atoms with van der Waals surface area (Å²) < 4.78 is 0. The van der Waals surface area contributed by atoms with Crippen molar-refractivity contribution in [2.45, 2.75) is 44.8 Å². The molecule has 3 rings (SSSR count). The van der Waals surface area contributed by atoms with E-state index in [-0.39, 0.29) is 11.9 Å². The molecule has 1 unspecified atom stereocenters. The molecule has 2 aromatic rings. The van der Waals surface area contributed by atoms with Crippen molar-refractivity contribution in [3.63, 3.8) is 0 Å². The molecule has 2 heterocycles. The van der Waals surface area contributed by atoms with E-state index in [1.807, 2.05) is 43.3 Å². The van der Waals surface area contributed by atoms with Gasteiger partial charge in [-0.3, -0.25) is 4.79 Å². The number of carbonyl (C=O) groups is 1. The number of nitrogens with zero attached hydrogens (tertiary/aromatic N) is 3. The zero-order valence-corrected chi connectivity index (χ0v) is 15.4. The number of carbonyl (C=O) groups excluding carboxylic acids is 1. The van der Waals surface area contributed by atoms with Gasteiger partial charge in [-0.1, -0.05) is 30.3 Å². The SMILES string of the molecule is Cc1ccnc(NC[C@H]2CCCN2C(=O)C(C)(O)Cc2ccccc2)n1. The fraction of sp³-hybridized carbons (Fsp3) is 0.450. The lowest BCUT2D eigenvalue weighted by Crippen LogP contribution is -2.51. The molecule has 2 atom stereocenters. The Balaban J connectivity index is 1.63. The summed E-state index contributed by atoms with van der Waals surface area (Å²) in [7, 11) is 0. The number of anilines is 1. The van der Waals surface area contributed by atoms with E-state index in [9.17, 15) is 9.90 Å². The van der Waals surface area contributed by atoms with E-state index in [4.69, 9.17) is 0 Å². The topological polar surface area (TPSA) is 78.4 Å². The average molecular weight is 354 g/mol. The molecule has 1 amide bonds. The summed E-state index contributed by atoms with van der Waals surface area (Å²) in [6.45, 7) is 4.77. The fourth-order valence-corrected chi connectivity index (χ4v) is 3.44. The van der Waals surface area contributed by atoms with Crippen LogP contribution in [0.5, 0.6) is 0 Å². The highest BCUT2D eigenvalue weighted by atomic mass is 16.3. The van der Waals surface area contributed by atoms with Crippen molar-refractivity contribution in [2.75, 3.05) is 18.4 Å². The molecule has 1 aromatic heterocycles. The van der Waals surface area contributed by atoms with E-state index in [1.165, 1.54) is 0 Å². The van der Waals surface area contributed by atoms with Crippen LogP contribution in [0.3, 0.4) is 0 Å². The standard InChI is InChI=1S/C20H26N4O2/c1-15-10-11-21-19(23-15)22-14-17-9-6-12-24(17)18(25)20(2,26)13-16-7-4-3-5-8-16/h3-5,7-8,10-11,17,26H,6,9,12-14H2,1-2H3,(H,21,22,23)/t17-,20?/m1/s1. The zero-order valence-electron chi connectivity index (χ0n) is 15.4. The van der Waals surface area contributed by atoms with E-state index >= 15 is 0 Å². The Kier molecular flexibility index (Phi) is 5.52. The molecule has 138 valence electrons. The van der Waals surface area contributed by atoms with Gasteiger partial charge >= 0.3 is 0 Å². The van der Waals surface area contributed by atoms with Gasteiger partial charge in [-0.15, -0.1) is 0 Å². The van der Waals surface area contributed by atoms with Crippen molar-refractivity contribution >= 4 is 11.9 Å².